The number of likely N-dealkylation sites (N-methyl/N-ethyl adjacent to an activating group) is 1. The SMILES string of the molecule is CCNC1(C(N)=O)CCCC(SCC(C)CC)C1. The van der Waals surface area contributed by atoms with E-state index in [0.29, 0.717) is 5.25 Å². The number of primary amides is 1. The van der Waals surface area contributed by atoms with Gasteiger partial charge in [0.1, 0.15) is 0 Å². The molecule has 1 aliphatic carbocycles. The van der Waals surface area contributed by atoms with Gasteiger partial charge < -0.3 is 11.1 Å². The van der Waals surface area contributed by atoms with Gasteiger partial charge in [-0.1, -0.05) is 27.2 Å². The third-order valence-corrected chi connectivity index (χ3v) is 5.64. The lowest BCUT2D eigenvalue weighted by Gasteiger charge is -2.39. The lowest BCUT2D eigenvalue weighted by molar-refractivity contribution is -0.125. The zero-order valence-corrected chi connectivity index (χ0v) is 12.8. The highest BCUT2D eigenvalue weighted by Crippen LogP contribution is 2.35. The van der Waals surface area contributed by atoms with Crippen LogP contribution in [-0.4, -0.2) is 29.0 Å². The van der Waals surface area contributed by atoms with Gasteiger partial charge in [0, 0.05) is 5.25 Å². The molecule has 3 N–H and O–H groups in total. The molecule has 106 valence electrons. The molecule has 0 spiro atoms. The number of rotatable bonds is 7. The van der Waals surface area contributed by atoms with Crippen LogP contribution in [0.1, 0.15) is 52.9 Å². The standard InChI is InChI=1S/C14H28N2OS/c1-4-11(3)10-18-12-7-6-8-14(9-12,13(15)17)16-5-2/h11-12,16H,4-10H2,1-3H3,(H2,15,17). The highest BCUT2D eigenvalue weighted by atomic mass is 32.2. The summed E-state index contributed by atoms with van der Waals surface area (Å²) in [4.78, 5) is 11.8. The Bertz CT molecular complexity index is 269. The molecule has 1 saturated carbocycles. The summed E-state index contributed by atoms with van der Waals surface area (Å²) in [7, 11) is 0. The van der Waals surface area contributed by atoms with Crippen molar-refractivity contribution in [3.05, 3.63) is 0 Å². The van der Waals surface area contributed by atoms with Crippen LogP contribution >= 0.6 is 11.8 Å². The predicted octanol–water partition coefficient (Wildman–Crippen LogP) is 2.54. The van der Waals surface area contributed by atoms with Crippen LogP contribution in [0.4, 0.5) is 0 Å². The Kier molecular flexibility index (Phi) is 6.50. The second-order valence-electron chi connectivity index (χ2n) is 5.54. The van der Waals surface area contributed by atoms with Crippen molar-refractivity contribution in [3.63, 3.8) is 0 Å². The van der Waals surface area contributed by atoms with Crippen molar-refractivity contribution >= 4 is 17.7 Å². The number of carbonyl (C=O) groups excluding carboxylic acids is 1. The molecule has 0 aliphatic heterocycles. The van der Waals surface area contributed by atoms with E-state index in [1.54, 1.807) is 0 Å². The van der Waals surface area contributed by atoms with Gasteiger partial charge in [-0.3, -0.25) is 4.79 Å². The van der Waals surface area contributed by atoms with Gasteiger partial charge in [-0.2, -0.15) is 11.8 Å². The Labute approximate surface area is 116 Å². The molecule has 1 rings (SSSR count). The van der Waals surface area contributed by atoms with E-state index >= 15 is 0 Å². The fourth-order valence-electron chi connectivity index (χ4n) is 2.59. The van der Waals surface area contributed by atoms with Gasteiger partial charge >= 0.3 is 0 Å². The van der Waals surface area contributed by atoms with Gasteiger partial charge in [0.05, 0.1) is 5.54 Å². The van der Waals surface area contributed by atoms with Gasteiger partial charge in [-0.25, -0.2) is 0 Å². The van der Waals surface area contributed by atoms with E-state index in [0.717, 1.165) is 31.7 Å². The second-order valence-corrected chi connectivity index (χ2v) is 6.88. The van der Waals surface area contributed by atoms with Crippen LogP contribution < -0.4 is 11.1 Å². The maximum absolute atomic E-state index is 11.8. The third-order valence-electron chi connectivity index (χ3n) is 4.01. The molecule has 3 unspecified atom stereocenters. The van der Waals surface area contributed by atoms with Crippen LogP contribution in [0.3, 0.4) is 0 Å². The summed E-state index contributed by atoms with van der Waals surface area (Å²) in [5, 5.41) is 3.92. The quantitative estimate of drug-likeness (QED) is 0.749. The number of hydrogen-bond donors (Lipinski definition) is 2. The molecule has 3 nitrogen and oxygen atoms in total. The van der Waals surface area contributed by atoms with Gasteiger partial charge in [0.25, 0.3) is 0 Å². The molecule has 0 radical (unpaired) electrons. The average Bonchev–Trinajstić information content (AvgIpc) is 2.36. The van der Waals surface area contributed by atoms with Crippen LogP contribution in [0.25, 0.3) is 0 Å². The molecule has 4 heteroatoms. The maximum atomic E-state index is 11.8. The summed E-state index contributed by atoms with van der Waals surface area (Å²) in [5.74, 6) is 1.79. The molecule has 0 bridgehead atoms. The van der Waals surface area contributed by atoms with E-state index in [1.807, 2.05) is 18.7 Å². The first-order valence-corrected chi connectivity index (χ1v) is 8.25. The van der Waals surface area contributed by atoms with Crippen molar-refractivity contribution in [2.75, 3.05) is 12.3 Å². The number of nitrogens with two attached hydrogens (primary N) is 1. The van der Waals surface area contributed by atoms with Gasteiger partial charge in [0.2, 0.25) is 5.91 Å². The van der Waals surface area contributed by atoms with Crippen LogP contribution in [0, 0.1) is 5.92 Å². The number of thioether (sulfide) groups is 1. The lowest BCUT2D eigenvalue weighted by atomic mass is 9.80. The summed E-state index contributed by atoms with van der Waals surface area (Å²) < 4.78 is 0. The molecule has 0 aromatic carbocycles. The van der Waals surface area contributed by atoms with Crippen molar-refractivity contribution in [1.29, 1.82) is 0 Å². The first kappa shape index (κ1) is 15.8. The summed E-state index contributed by atoms with van der Waals surface area (Å²) in [5.41, 5.74) is 5.18. The fraction of sp³-hybridized carbons (Fsp3) is 0.929. The second kappa shape index (κ2) is 7.39. The minimum Gasteiger partial charge on any atom is -0.368 e. The van der Waals surface area contributed by atoms with Gasteiger partial charge in [-0.15, -0.1) is 0 Å². The predicted molar refractivity (Wildman–Crippen MR) is 79.8 cm³/mol. The molecule has 0 aromatic heterocycles. The topological polar surface area (TPSA) is 55.1 Å². The highest BCUT2D eigenvalue weighted by molar-refractivity contribution is 7.99. The first-order valence-electron chi connectivity index (χ1n) is 7.20. The zero-order chi connectivity index (χ0) is 13.6. The summed E-state index contributed by atoms with van der Waals surface area (Å²) in [6.07, 6.45) is 5.36. The van der Waals surface area contributed by atoms with E-state index in [2.05, 4.69) is 19.2 Å². The van der Waals surface area contributed by atoms with Crippen molar-refractivity contribution in [3.8, 4) is 0 Å². The normalized spacial score (nSPS) is 30.1. The maximum Gasteiger partial charge on any atom is 0.237 e. The summed E-state index contributed by atoms with van der Waals surface area (Å²) in [6.45, 7) is 7.38. The van der Waals surface area contributed by atoms with Crippen molar-refractivity contribution in [2.24, 2.45) is 11.7 Å². The highest BCUT2D eigenvalue weighted by Gasteiger charge is 2.40. The molecule has 18 heavy (non-hydrogen) atoms. The summed E-state index contributed by atoms with van der Waals surface area (Å²) >= 11 is 2.03. The minimum atomic E-state index is -0.444. The number of nitrogens with one attached hydrogen (secondary N) is 1. The van der Waals surface area contributed by atoms with Gasteiger partial charge in [-0.05, 0) is 43.9 Å². The van der Waals surface area contributed by atoms with Crippen molar-refractivity contribution in [2.45, 2.75) is 63.7 Å². The molecule has 1 aliphatic rings. The Morgan fingerprint density at radius 3 is 2.83 bits per heavy atom. The molecular weight excluding hydrogens is 244 g/mol. The van der Waals surface area contributed by atoms with Gasteiger partial charge in [0.15, 0.2) is 0 Å². The van der Waals surface area contributed by atoms with Crippen LogP contribution in [0.15, 0.2) is 0 Å². The van der Waals surface area contributed by atoms with E-state index in [-0.39, 0.29) is 5.91 Å². The number of carbonyl (C=O) groups is 1. The number of hydrogen-bond acceptors (Lipinski definition) is 3. The Hall–Kier alpha value is -0.220. The fourth-order valence-corrected chi connectivity index (χ4v) is 4.17. The smallest absolute Gasteiger partial charge is 0.237 e. The monoisotopic (exact) mass is 272 g/mol. The van der Waals surface area contributed by atoms with Crippen LogP contribution in [0.2, 0.25) is 0 Å². The van der Waals surface area contributed by atoms with Crippen LogP contribution in [-0.2, 0) is 4.79 Å². The molecule has 3 atom stereocenters. The third kappa shape index (κ3) is 4.16. The van der Waals surface area contributed by atoms with Crippen molar-refractivity contribution < 1.29 is 4.79 Å². The Morgan fingerprint density at radius 2 is 2.28 bits per heavy atom. The molecule has 1 fully saturated rings. The first-order chi connectivity index (χ1) is 8.54. The summed E-state index contributed by atoms with van der Waals surface area (Å²) in [6, 6.07) is 0. The lowest BCUT2D eigenvalue weighted by Crippen LogP contribution is -2.58. The molecule has 1 amide bonds. The van der Waals surface area contributed by atoms with Crippen LogP contribution in [0.5, 0.6) is 0 Å². The Morgan fingerprint density at radius 1 is 1.56 bits per heavy atom. The molecular formula is C14H28N2OS. The minimum absolute atomic E-state index is 0.168. The van der Waals surface area contributed by atoms with E-state index in [1.165, 1.54) is 18.6 Å². The molecule has 0 heterocycles. The van der Waals surface area contributed by atoms with E-state index in [4.69, 9.17) is 5.73 Å². The van der Waals surface area contributed by atoms with E-state index < -0.39 is 5.54 Å². The largest absolute Gasteiger partial charge is 0.368 e. The van der Waals surface area contributed by atoms with Crippen molar-refractivity contribution in [1.82, 2.24) is 5.32 Å². The number of amides is 1. The van der Waals surface area contributed by atoms with E-state index in [9.17, 15) is 4.79 Å². The average molecular weight is 272 g/mol. The molecule has 0 saturated heterocycles. The Balaban J connectivity index is 2.55. The zero-order valence-electron chi connectivity index (χ0n) is 12.0. The molecule has 0 aromatic rings.